The summed E-state index contributed by atoms with van der Waals surface area (Å²) in [7, 11) is 0. The normalized spacial score (nSPS) is 14.0. The van der Waals surface area contributed by atoms with E-state index in [-0.39, 0.29) is 23.9 Å². The molecular weight excluding hydrogens is 254 g/mol. The number of carbonyl (C=O) groups excluding carboxylic acids is 1. The number of benzene rings is 1. The van der Waals surface area contributed by atoms with Crippen molar-refractivity contribution in [2.45, 2.75) is 19.4 Å². The van der Waals surface area contributed by atoms with Crippen LogP contribution in [0, 0.1) is 10.1 Å². The second-order valence-electron chi connectivity index (χ2n) is 3.98. The molecule has 0 unspecified atom stereocenters. The summed E-state index contributed by atoms with van der Waals surface area (Å²) >= 11 is 0. The van der Waals surface area contributed by atoms with Crippen LogP contribution in [0.4, 0.5) is 11.4 Å². The third kappa shape index (κ3) is 2.58. The molecule has 0 aliphatic carbocycles. The molecule has 1 aliphatic rings. The fourth-order valence-electron chi connectivity index (χ4n) is 1.59. The Kier molecular flexibility index (Phi) is 3.52. The van der Waals surface area contributed by atoms with Crippen molar-refractivity contribution >= 4 is 17.3 Å². The molecule has 0 fully saturated rings. The molecule has 8 heteroatoms. The summed E-state index contributed by atoms with van der Waals surface area (Å²) in [6.07, 6.45) is 0.435. The summed E-state index contributed by atoms with van der Waals surface area (Å²) in [5.41, 5.74) is 5.35. The second kappa shape index (κ2) is 5.11. The van der Waals surface area contributed by atoms with Crippen LogP contribution in [0.2, 0.25) is 0 Å². The molecular formula is C11H13N3O5. The van der Waals surface area contributed by atoms with Crippen LogP contribution in [-0.4, -0.2) is 23.7 Å². The highest BCUT2D eigenvalue weighted by Crippen LogP contribution is 2.40. The van der Waals surface area contributed by atoms with Gasteiger partial charge in [0, 0.05) is 6.07 Å². The molecule has 19 heavy (non-hydrogen) atoms. The molecule has 0 spiro atoms. The van der Waals surface area contributed by atoms with Gasteiger partial charge in [-0.15, -0.1) is 0 Å². The molecule has 1 amide bonds. The average Bonchev–Trinajstić information content (AvgIpc) is 2.83. The fourth-order valence-corrected chi connectivity index (χ4v) is 1.59. The van der Waals surface area contributed by atoms with Gasteiger partial charge >= 0.3 is 0 Å². The standard InChI is InChI=1S/C11H13N3O5/c1-2-6(12)11(15)13-7-3-9-10(19-5-18-9)4-8(7)14(16)17/h3-4,6H,2,5,12H2,1H3,(H,13,15)/t6-/m0/s1. The molecule has 2 rings (SSSR count). The summed E-state index contributed by atoms with van der Waals surface area (Å²) in [6, 6.07) is 1.86. The van der Waals surface area contributed by atoms with E-state index in [1.807, 2.05) is 0 Å². The van der Waals surface area contributed by atoms with Gasteiger partial charge in [0.1, 0.15) is 5.69 Å². The highest BCUT2D eigenvalue weighted by Gasteiger charge is 2.25. The number of ether oxygens (including phenoxy) is 2. The van der Waals surface area contributed by atoms with Crippen LogP contribution in [-0.2, 0) is 4.79 Å². The topological polar surface area (TPSA) is 117 Å². The minimum atomic E-state index is -0.718. The maximum Gasteiger partial charge on any atom is 0.296 e. The van der Waals surface area contributed by atoms with E-state index in [4.69, 9.17) is 15.2 Å². The highest BCUT2D eigenvalue weighted by molar-refractivity contribution is 5.97. The number of carbonyl (C=O) groups is 1. The maximum atomic E-state index is 11.7. The molecule has 102 valence electrons. The maximum absolute atomic E-state index is 11.7. The van der Waals surface area contributed by atoms with Gasteiger partial charge in [-0.1, -0.05) is 6.92 Å². The van der Waals surface area contributed by atoms with E-state index in [0.717, 1.165) is 0 Å². The Bertz CT molecular complexity index is 531. The SMILES string of the molecule is CC[C@H](N)C(=O)Nc1cc2c(cc1[N+](=O)[O-])OCO2. The minimum absolute atomic E-state index is 0.00163. The van der Waals surface area contributed by atoms with E-state index in [1.165, 1.54) is 12.1 Å². The van der Waals surface area contributed by atoms with Gasteiger partial charge in [0.25, 0.3) is 5.69 Å². The summed E-state index contributed by atoms with van der Waals surface area (Å²) in [4.78, 5) is 22.1. The number of fused-ring (bicyclic) bond motifs is 1. The molecule has 1 aliphatic heterocycles. The molecule has 0 aromatic heterocycles. The zero-order valence-electron chi connectivity index (χ0n) is 10.2. The quantitative estimate of drug-likeness (QED) is 0.620. The van der Waals surface area contributed by atoms with Crippen LogP contribution < -0.4 is 20.5 Å². The molecule has 0 bridgehead atoms. The third-order valence-corrected chi connectivity index (χ3v) is 2.72. The number of amides is 1. The molecule has 0 radical (unpaired) electrons. The summed E-state index contributed by atoms with van der Waals surface area (Å²) in [6.45, 7) is 1.75. The van der Waals surface area contributed by atoms with E-state index < -0.39 is 16.9 Å². The van der Waals surface area contributed by atoms with Crippen LogP contribution in [0.1, 0.15) is 13.3 Å². The van der Waals surface area contributed by atoms with Gasteiger partial charge in [-0.05, 0) is 6.42 Å². The van der Waals surface area contributed by atoms with Gasteiger partial charge in [-0.3, -0.25) is 14.9 Å². The lowest BCUT2D eigenvalue weighted by Crippen LogP contribution is -2.34. The van der Waals surface area contributed by atoms with Crippen molar-refractivity contribution in [1.82, 2.24) is 0 Å². The smallest absolute Gasteiger partial charge is 0.296 e. The van der Waals surface area contributed by atoms with Gasteiger partial charge < -0.3 is 20.5 Å². The molecule has 1 aromatic rings. The van der Waals surface area contributed by atoms with Gasteiger partial charge in [0.05, 0.1) is 17.0 Å². The van der Waals surface area contributed by atoms with E-state index in [9.17, 15) is 14.9 Å². The number of hydrogen-bond donors (Lipinski definition) is 2. The summed E-state index contributed by atoms with van der Waals surface area (Å²) < 4.78 is 10.2. The molecule has 0 saturated carbocycles. The average molecular weight is 267 g/mol. The number of anilines is 1. The van der Waals surface area contributed by atoms with E-state index in [2.05, 4.69) is 5.32 Å². The summed E-state index contributed by atoms with van der Waals surface area (Å²) in [5, 5.41) is 13.4. The molecule has 1 aromatic carbocycles. The first kappa shape index (κ1) is 13.1. The van der Waals surface area contributed by atoms with Gasteiger partial charge in [0.2, 0.25) is 12.7 Å². The number of nitrogens with one attached hydrogen (secondary N) is 1. The Morgan fingerprint density at radius 2 is 2.16 bits per heavy atom. The van der Waals surface area contributed by atoms with Crippen molar-refractivity contribution in [3.8, 4) is 11.5 Å². The van der Waals surface area contributed by atoms with Crippen LogP contribution in [0.5, 0.6) is 11.5 Å². The Labute approximate surface area is 108 Å². The largest absolute Gasteiger partial charge is 0.454 e. The van der Waals surface area contributed by atoms with Gasteiger partial charge in [-0.25, -0.2) is 0 Å². The first-order valence-electron chi connectivity index (χ1n) is 5.67. The monoisotopic (exact) mass is 267 g/mol. The first-order chi connectivity index (χ1) is 9.02. The van der Waals surface area contributed by atoms with Crippen LogP contribution >= 0.6 is 0 Å². The third-order valence-electron chi connectivity index (χ3n) is 2.72. The van der Waals surface area contributed by atoms with Crippen molar-refractivity contribution < 1.29 is 19.2 Å². The number of nitro groups is 1. The number of hydrogen-bond acceptors (Lipinski definition) is 6. The predicted molar refractivity (Wildman–Crippen MR) is 66.1 cm³/mol. The molecule has 1 atom stereocenters. The van der Waals surface area contributed by atoms with Crippen molar-refractivity contribution in [3.05, 3.63) is 22.2 Å². The number of nitrogens with zero attached hydrogens (tertiary/aromatic N) is 1. The number of nitro benzene ring substituents is 1. The van der Waals surface area contributed by atoms with Crippen LogP contribution in [0.15, 0.2) is 12.1 Å². The molecule has 0 saturated heterocycles. The fraction of sp³-hybridized carbons (Fsp3) is 0.364. The van der Waals surface area contributed by atoms with Crippen molar-refractivity contribution in [2.75, 3.05) is 12.1 Å². The lowest BCUT2D eigenvalue weighted by molar-refractivity contribution is -0.384. The van der Waals surface area contributed by atoms with E-state index >= 15 is 0 Å². The first-order valence-corrected chi connectivity index (χ1v) is 5.67. The second-order valence-corrected chi connectivity index (χ2v) is 3.98. The van der Waals surface area contributed by atoms with E-state index in [0.29, 0.717) is 12.2 Å². The lowest BCUT2D eigenvalue weighted by Gasteiger charge is -2.10. The number of nitrogens with two attached hydrogens (primary N) is 1. The Hall–Kier alpha value is -2.35. The highest BCUT2D eigenvalue weighted by atomic mass is 16.7. The van der Waals surface area contributed by atoms with Gasteiger partial charge in [-0.2, -0.15) is 0 Å². The molecule has 3 N–H and O–H groups in total. The van der Waals surface area contributed by atoms with Crippen molar-refractivity contribution in [3.63, 3.8) is 0 Å². The van der Waals surface area contributed by atoms with Gasteiger partial charge in [0.15, 0.2) is 11.5 Å². The summed E-state index contributed by atoms with van der Waals surface area (Å²) in [5.74, 6) is 0.153. The Morgan fingerprint density at radius 1 is 1.53 bits per heavy atom. The molecule has 8 nitrogen and oxygen atoms in total. The van der Waals surface area contributed by atoms with Crippen LogP contribution in [0.3, 0.4) is 0 Å². The molecule has 1 heterocycles. The Morgan fingerprint density at radius 3 is 2.74 bits per heavy atom. The van der Waals surface area contributed by atoms with E-state index in [1.54, 1.807) is 6.92 Å². The van der Waals surface area contributed by atoms with Crippen molar-refractivity contribution in [1.29, 1.82) is 0 Å². The lowest BCUT2D eigenvalue weighted by atomic mass is 10.2. The predicted octanol–water partition coefficient (Wildman–Crippen LogP) is 0.999. The minimum Gasteiger partial charge on any atom is -0.454 e. The zero-order chi connectivity index (χ0) is 14.0. The Balaban J connectivity index is 2.33. The number of rotatable bonds is 4. The zero-order valence-corrected chi connectivity index (χ0v) is 10.2. The van der Waals surface area contributed by atoms with Crippen molar-refractivity contribution in [2.24, 2.45) is 5.73 Å². The van der Waals surface area contributed by atoms with Crippen LogP contribution in [0.25, 0.3) is 0 Å².